The lowest BCUT2D eigenvalue weighted by Crippen LogP contribution is -2.22. The monoisotopic (exact) mass is 297 g/mol. The first kappa shape index (κ1) is 15.1. The van der Waals surface area contributed by atoms with Crippen molar-refractivity contribution in [2.45, 2.75) is 13.3 Å². The quantitative estimate of drug-likeness (QED) is 0.529. The first-order valence-corrected chi connectivity index (χ1v) is 6.44. The summed E-state index contributed by atoms with van der Waals surface area (Å²) in [5.41, 5.74) is -0.374. The van der Waals surface area contributed by atoms with Crippen molar-refractivity contribution in [3.63, 3.8) is 0 Å². The van der Waals surface area contributed by atoms with Crippen molar-refractivity contribution in [2.24, 2.45) is 0 Å². The molecule has 1 amide bonds. The molecule has 0 saturated heterocycles. The number of anilines is 1. The van der Waals surface area contributed by atoms with Crippen LogP contribution in [0.4, 0.5) is 11.4 Å². The summed E-state index contributed by atoms with van der Waals surface area (Å²) in [6.45, 7) is 1.52. The van der Waals surface area contributed by atoms with E-state index in [0.29, 0.717) is 10.8 Å². The van der Waals surface area contributed by atoms with Crippen LogP contribution in [-0.2, 0) is 9.59 Å². The van der Waals surface area contributed by atoms with Gasteiger partial charge in [0.15, 0.2) is 0 Å². The lowest BCUT2D eigenvalue weighted by Gasteiger charge is -2.10. The maximum absolute atomic E-state index is 11.8. The average molecular weight is 297 g/mol. The predicted octanol–water partition coefficient (Wildman–Crippen LogP) is 2.54. The Morgan fingerprint density at radius 2 is 1.95 bits per heavy atom. The first-order chi connectivity index (χ1) is 10.5. The number of nitro groups is 1. The molecule has 0 fully saturated rings. The Morgan fingerprint density at radius 1 is 1.32 bits per heavy atom. The van der Waals surface area contributed by atoms with E-state index >= 15 is 0 Å². The minimum absolute atomic E-state index is 0.00611. The largest absolute Gasteiger partial charge is 0.313 e. The summed E-state index contributed by atoms with van der Waals surface area (Å²) in [6, 6.07) is 9.47. The molecule has 7 nitrogen and oxygen atoms in total. The molecule has 0 unspecified atom stereocenters. The summed E-state index contributed by atoms with van der Waals surface area (Å²) in [4.78, 5) is 33.7. The Kier molecular flexibility index (Phi) is 4.13. The Labute approximate surface area is 125 Å². The fourth-order valence-corrected chi connectivity index (χ4v) is 2.07. The van der Waals surface area contributed by atoms with Crippen LogP contribution in [0.2, 0.25) is 0 Å². The number of carbonyl (C=O) groups excluding carboxylic acids is 2. The predicted molar refractivity (Wildman–Crippen MR) is 79.2 cm³/mol. The van der Waals surface area contributed by atoms with Gasteiger partial charge in [0.1, 0.15) is 11.8 Å². The number of hydrogen-bond donors (Lipinski definition) is 1. The van der Waals surface area contributed by atoms with Gasteiger partial charge in [0.25, 0.3) is 11.6 Å². The van der Waals surface area contributed by atoms with E-state index in [4.69, 9.17) is 5.26 Å². The molecule has 0 aliphatic heterocycles. The van der Waals surface area contributed by atoms with E-state index in [9.17, 15) is 19.7 Å². The zero-order valence-electron chi connectivity index (χ0n) is 11.6. The molecular weight excluding hydrogens is 286 g/mol. The smallest absolute Gasteiger partial charge is 0.294 e. The van der Waals surface area contributed by atoms with Crippen LogP contribution in [0.5, 0.6) is 0 Å². The number of hydrogen-bond acceptors (Lipinski definition) is 5. The second-order valence-electron chi connectivity index (χ2n) is 4.46. The molecule has 0 heterocycles. The molecule has 2 rings (SSSR count). The topological polar surface area (TPSA) is 113 Å². The van der Waals surface area contributed by atoms with Gasteiger partial charge in [0.05, 0.1) is 10.5 Å². The molecule has 0 bridgehead atoms. The van der Waals surface area contributed by atoms with E-state index < -0.39 is 22.3 Å². The minimum Gasteiger partial charge on any atom is -0.313 e. The van der Waals surface area contributed by atoms with Gasteiger partial charge in [-0.3, -0.25) is 19.7 Å². The van der Waals surface area contributed by atoms with Crippen molar-refractivity contribution < 1.29 is 14.5 Å². The van der Waals surface area contributed by atoms with Crippen molar-refractivity contribution >= 4 is 33.8 Å². The highest BCUT2D eigenvalue weighted by atomic mass is 16.6. The van der Waals surface area contributed by atoms with Gasteiger partial charge in [-0.2, -0.15) is 5.26 Å². The number of nitrogens with zero attached hydrogens (tertiary/aromatic N) is 2. The number of amides is 1. The van der Waals surface area contributed by atoms with Crippen LogP contribution < -0.4 is 5.32 Å². The number of ketones is 1. The zero-order valence-corrected chi connectivity index (χ0v) is 11.6. The molecule has 2 aromatic rings. The Hall–Kier alpha value is -3.27. The third-order valence-corrected chi connectivity index (χ3v) is 3.15. The van der Waals surface area contributed by atoms with Gasteiger partial charge in [-0.25, -0.2) is 0 Å². The van der Waals surface area contributed by atoms with Crippen molar-refractivity contribution in [1.29, 1.82) is 5.26 Å². The highest BCUT2D eigenvalue weighted by Crippen LogP contribution is 2.35. The lowest BCUT2D eigenvalue weighted by atomic mass is 10.0. The molecule has 0 aliphatic rings. The van der Waals surface area contributed by atoms with Crippen molar-refractivity contribution in [3.05, 3.63) is 46.0 Å². The van der Waals surface area contributed by atoms with Gasteiger partial charge >= 0.3 is 0 Å². The van der Waals surface area contributed by atoms with Crippen molar-refractivity contribution in [3.8, 4) is 6.07 Å². The summed E-state index contributed by atoms with van der Waals surface area (Å²) in [7, 11) is 0. The van der Waals surface area contributed by atoms with Crippen LogP contribution in [0.3, 0.4) is 0 Å². The fourth-order valence-electron chi connectivity index (χ4n) is 2.07. The maximum atomic E-state index is 11.8. The molecule has 0 atom stereocenters. The fraction of sp³-hybridized carbons (Fsp3) is 0.133. The van der Waals surface area contributed by atoms with E-state index in [0.717, 1.165) is 6.07 Å². The molecule has 0 spiro atoms. The van der Waals surface area contributed by atoms with Crippen molar-refractivity contribution in [1.82, 2.24) is 0 Å². The number of nitriles is 1. The third-order valence-electron chi connectivity index (χ3n) is 3.15. The highest BCUT2D eigenvalue weighted by Gasteiger charge is 2.23. The average Bonchev–Trinajstić information content (AvgIpc) is 2.53. The Balaban J connectivity index is 2.73. The summed E-state index contributed by atoms with van der Waals surface area (Å²) < 4.78 is 0. The van der Waals surface area contributed by atoms with Crippen molar-refractivity contribution in [2.75, 3.05) is 5.32 Å². The van der Waals surface area contributed by atoms with Gasteiger partial charge < -0.3 is 5.32 Å². The van der Waals surface area contributed by atoms with Gasteiger partial charge in [-0.1, -0.05) is 31.2 Å². The van der Waals surface area contributed by atoms with E-state index in [1.54, 1.807) is 24.3 Å². The van der Waals surface area contributed by atoms with Crippen LogP contribution in [0, 0.1) is 21.4 Å². The number of fused-ring (bicyclic) bond motifs is 1. The molecule has 0 aromatic heterocycles. The summed E-state index contributed by atoms with van der Waals surface area (Å²) >= 11 is 0. The Bertz CT molecular complexity index is 837. The van der Waals surface area contributed by atoms with Crippen LogP contribution >= 0.6 is 0 Å². The number of rotatable bonds is 4. The van der Waals surface area contributed by atoms with E-state index in [-0.39, 0.29) is 17.7 Å². The summed E-state index contributed by atoms with van der Waals surface area (Å²) in [5.74, 6) is -1.59. The second kappa shape index (κ2) is 6.01. The number of nitro benzene ring substituents is 1. The minimum atomic E-state index is -0.916. The van der Waals surface area contributed by atoms with Crippen LogP contribution in [0.15, 0.2) is 30.3 Å². The number of carbonyl (C=O) groups is 2. The SMILES string of the molecule is CCC(=O)C(=O)Nc1c([N+](=O)[O-])cc(C#N)c2ccccc12. The van der Waals surface area contributed by atoms with E-state index in [1.807, 2.05) is 6.07 Å². The highest BCUT2D eigenvalue weighted by molar-refractivity contribution is 6.41. The number of nitrogens with one attached hydrogen (secondary N) is 1. The maximum Gasteiger partial charge on any atom is 0.294 e. The lowest BCUT2D eigenvalue weighted by molar-refractivity contribution is -0.383. The summed E-state index contributed by atoms with van der Waals surface area (Å²) in [6.07, 6.45) is -0.00611. The van der Waals surface area contributed by atoms with Gasteiger partial charge in [-0.15, -0.1) is 0 Å². The molecule has 0 saturated carbocycles. The molecule has 110 valence electrons. The van der Waals surface area contributed by atoms with Crippen LogP contribution in [-0.4, -0.2) is 16.6 Å². The van der Waals surface area contributed by atoms with Gasteiger partial charge in [-0.05, 0) is 0 Å². The molecule has 0 aliphatic carbocycles. The molecule has 1 N–H and O–H groups in total. The Morgan fingerprint density at radius 3 is 2.50 bits per heavy atom. The third kappa shape index (κ3) is 2.62. The van der Waals surface area contributed by atoms with Gasteiger partial charge in [0, 0.05) is 23.3 Å². The van der Waals surface area contributed by atoms with E-state index in [1.165, 1.54) is 6.92 Å². The first-order valence-electron chi connectivity index (χ1n) is 6.44. The number of benzene rings is 2. The zero-order chi connectivity index (χ0) is 16.3. The molecule has 0 radical (unpaired) electrons. The standard InChI is InChI=1S/C15H11N3O4/c1-2-13(19)15(20)17-14-11-6-4-3-5-10(11)9(8-16)7-12(14)18(21)22/h3-7H,2H2,1H3,(H,17,20). The molecule has 7 heteroatoms. The molecular formula is C15H11N3O4. The summed E-state index contributed by atoms with van der Waals surface area (Å²) in [5, 5.41) is 23.4. The van der Waals surface area contributed by atoms with Crippen LogP contribution in [0.25, 0.3) is 10.8 Å². The molecule has 2 aromatic carbocycles. The van der Waals surface area contributed by atoms with Gasteiger partial charge in [0.2, 0.25) is 5.78 Å². The second-order valence-corrected chi connectivity index (χ2v) is 4.46. The van der Waals surface area contributed by atoms with E-state index in [2.05, 4.69) is 5.32 Å². The molecule has 22 heavy (non-hydrogen) atoms. The normalized spacial score (nSPS) is 10.0. The number of Topliss-reactive ketones (excluding diaryl/α,β-unsaturated/α-hetero) is 1. The van der Waals surface area contributed by atoms with Crippen LogP contribution in [0.1, 0.15) is 18.9 Å².